The van der Waals surface area contributed by atoms with Crippen molar-refractivity contribution in [2.75, 3.05) is 12.3 Å². The van der Waals surface area contributed by atoms with Crippen molar-refractivity contribution in [2.45, 2.75) is 32.3 Å². The molecule has 0 radical (unpaired) electrons. The number of aliphatic hydroxyl groups excluding tert-OH is 1. The van der Waals surface area contributed by atoms with Crippen molar-refractivity contribution in [3.05, 3.63) is 29.8 Å². The number of hydrogen-bond acceptors (Lipinski definition) is 3. The van der Waals surface area contributed by atoms with Gasteiger partial charge < -0.3 is 16.2 Å². The minimum absolute atomic E-state index is 0.0637. The summed E-state index contributed by atoms with van der Waals surface area (Å²) in [7, 11) is 0. The minimum Gasteiger partial charge on any atom is -0.398 e. The maximum Gasteiger partial charge on any atom is 0.224 e. The van der Waals surface area contributed by atoms with Gasteiger partial charge in [-0.25, -0.2) is 0 Å². The Kier molecular flexibility index (Phi) is 5.49. The molecule has 1 aromatic carbocycles. The van der Waals surface area contributed by atoms with E-state index in [4.69, 9.17) is 5.73 Å². The molecule has 1 aromatic rings. The predicted octanol–water partition coefficient (Wildman–Crippen LogP) is 1.09. The number of aliphatic hydroxyl groups is 1. The highest BCUT2D eigenvalue weighted by molar-refractivity contribution is 5.80. The van der Waals surface area contributed by atoms with Crippen LogP contribution < -0.4 is 11.1 Å². The molecule has 94 valence electrons. The third-order valence-electron chi connectivity index (χ3n) is 2.68. The summed E-state index contributed by atoms with van der Waals surface area (Å²) in [5, 5.41) is 12.1. The number of amides is 1. The van der Waals surface area contributed by atoms with Crippen molar-refractivity contribution in [1.29, 1.82) is 0 Å². The molecule has 1 rings (SSSR count). The quantitative estimate of drug-likeness (QED) is 0.647. The second-order valence-corrected chi connectivity index (χ2v) is 4.08. The van der Waals surface area contributed by atoms with E-state index < -0.39 is 0 Å². The molecule has 0 fully saturated rings. The summed E-state index contributed by atoms with van der Waals surface area (Å²) < 4.78 is 0. The van der Waals surface area contributed by atoms with Crippen LogP contribution in [0.3, 0.4) is 0 Å². The summed E-state index contributed by atoms with van der Waals surface area (Å²) in [5.41, 5.74) is 7.22. The Morgan fingerprint density at radius 2 is 2.18 bits per heavy atom. The Balaban J connectivity index is 2.33. The van der Waals surface area contributed by atoms with E-state index in [1.165, 1.54) is 0 Å². The normalized spacial score (nSPS) is 12.1. The van der Waals surface area contributed by atoms with E-state index in [0.29, 0.717) is 25.1 Å². The number of benzene rings is 1. The van der Waals surface area contributed by atoms with Gasteiger partial charge in [0.2, 0.25) is 5.91 Å². The summed E-state index contributed by atoms with van der Waals surface area (Å²) in [6, 6.07) is 7.33. The van der Waals surface area contributed by atoms with Crippen LogP contribution in [-0.4, -0.2) is 23.7 Å². The molecule has 4 N–H and O–H groups in total. The Labute approximate surface area is 102 Å². The first-order valence-corrected chi connectivity index (χ1v) is 5.91. The monoisotopic (exact) mass is 236 g/mol. The average molecular weight is 236 g/mol. The van der Waals surface area contributed by atoms with Gasteiger partial charge in [0.1, 0.15) is 0 Å². The van der Waals surface area contributed by atoms with Gasteiger partial charge in [-0.1, -0.05) is 25.1 Å². The summed E-state index contributed by atoms with van der Waals surface area (Å²) in [6.45, 7) is 2.41. The third kappa shape index (κ3) is 4.87. The predicted molar refractivity (Wildman–Crippen MR) is 68.5 cm³/mol. The summed E-state index contributed by atoms with van der Waals surface area (Å²) >= 11 is 0. The molecular formula is C13H20N2O2. The van der Waals surface area contributed by atoms with Gasteiger partial charge in [-0.15, -0.1) is 0 Å². The summed E-state index contributed by atoms with van der Waals surface area (Å²) in [6.07, 6.45) is 1.25. The van der Waals surface area contributed by atoms with E-state index in [1.807, 2.05) is 25.1 Å². The first kappa shape index (κ1) is 13.5. The molecule has 0 aliphatic heterocycles. The second kappa shape index (κ2) is 6.91. The van der Waals surface area contributed by atoms with Crippen molar-refractivity contribution in [2.24, 2.45) is 0 Å². The highest BCUT2D eigenvalue weighted by Crippen LogP contribution is 2.10. The van der Waals surface area contributed by atoms with Crippen molar-refractivity contribution in [1.82, 2.24) is 5.32 Å². The van der Waals surface area contributed by atoms with Gasteiger partial charge in [-0.2, -0.15) is 0 Å². The lowest BCUT2D eigenvalue weighted by Gasteiger charge is -2.09. The van der Waals surface area contributed by atoms with Crippen LogP contribution in [0.25, 0.3) is 0 Å². The number of carbonyl (C=O) groups is 1. The van der Waals surface area contributed by atoms with Gasteiger partial charge >= 0.3 is 0 Å². The molecule has 0 saturated heterocycles. The van der Waals surface area contributed by atoms with Crippen molar-refractivity contribution >= 4 is 11.6 Å². The maximum atomic E-state index is 11.6. The van der Waals surface area contributed by atoms with Crippen LogP contribution in [0, 0.1) is 0 Å². The largest absolute Gasteiger partial charge is 0.398 e. The topological polar surface area (TPSA) is 75.3 Å². The van der Waals surface area contributed by atoms with Crippen LogP contribution in [-0.2, 0) is 11.2 Å². The molecular weight excluding hydrogens is 216 g/mol. The molecule has 0 saturated carbocycles. The van der Waals surface area contributed by atoms with Crippen LogP contribution in [0.4, 0.5) is 5.69 Å². The Morgan fingerprint density at radius 1 is 1.47 bits per heavy atom. The lowest BCUT2D eigenvalue weighted by Crippen LogP contribution is -2.28. The fourth-order valence-electron chi connectivity index (χ4n) is 1.51. The van der Waals surface area contributed by atoms with Gasteiger partial charge in [0.25, 0.3) is 0 Å². The van der Waals surface area contributed by atoms with Crippen LogP contribution in [0.15, 0.2) is 24.3 Å². The zero-order chi connectivity index (χ0) is 12.7. The zero-order valence-electron chi connectivity index (χ0n) is 10.1. The maximum absolute atomic E-state index is 11.6. The number of rotatable bonds is 6. The number of nitrogen functional groups attached to an aromatic ring is 1. The highest BCUT2D eigenvalue weighted by atomic mass is 16.3. The first-order chi connectivity index (χ1) is 8.13. The molecule has 1 atom stereocenters. The van der Waals surface area contributed by atoms with Crippen molar-refractivity contribution < 1.29 is 9.90 Å². The lowest BCUT2D eigenvalue weighted by atomic mass is 10.1. The van der Waals surface area contributed by atoms with Crippen molar-refractivity contribution in [3.63, 3.8) is 0 Å². The fraction of sp³-hybridized carbons (Fsp3) is 0.462. The SMILES string of the molecule is CCC(O)CCNC(=O)Cc1ccccc1N. The van der Waals surface area contributed by atoms with E-state index in [9.17, 15) is 9.90 Å². The number of anilines is 1. The van der Waals surface area contributed by atoms with Gasteiger partial charge in [-0.05, 0) is 24.5 Å². The zero-order valence-corrected chi connectivity index (χ0v) is 10.1. The molecule has 17 heavy (non-hydrogen) atoms. The highest BCUT2D eigenvalue weighted by Gasteiger charge is 2.06. The molecule has 4 nitrogen and oxygen atoms in total. The molecule has 0 aliphatic rings. The van der Waals surface area contributed by atoms with Gasteiger partial charge in [0, 0.05) is 12.2 Å². The molecule has 1 unspecified atom stereocenters. The lowest BCUT2D eigenvalue weighted by molar-refractivity contribution is -0.120. The number of nitrogens with one attached hydrogen (secondary N) is 1. The molecule has 4 heteroatoms. The van der Waals surface area contributed by atoms with Crippen LogP contribution in [0.2, 0.25) is 0 Å². The Morgan fingerprint density at radius 3 is 2.82 bits per heavy atom. The van der Waals surface area contributed by atoms with Crippen LogP contribution >= 0.6 is 0 Å². The smallest absolute Gasteiger partial charge is 0.224 e. The summed E-state index contributed by atoms with van der Waals surface area (Å²) in [5.74, 6) is -0.0637. The number of hydrogen-bond donors (Lipinski definition) is 3. The first-order valence-electron chi connectivity index (χ1n) is 5.91. The fourth-order valence-corrected chi connectivity index (χ4v) is 1.51. The molecule has 0 aliphatic carbocycles. The van der Waals surface area contributed by atoms with E-state index in [2.05, 4.69) is 5.32 Å². The van der Waals surface area contributed by atoms with E-state index >= 15 is 0 Å². The number of nitrogens with two attached hydrogens (primary N) is 1. The standard InChI is InChI=1S/C13H20N2O2/c1-2-11(16)7-8-15-13(17)9-10-5-3-4-6-12(10)14/h3-6,11,16H,2,7-9,14H2,1H3,(H,15,17). The van der Waals surface area contributed by atoms with Gasteiger partial charge in [0.15, 0.2) is 0 Å². The Hall–Kier alpha value is -1.55. The minimum atomic E-state index is -0.336. The average Bonchev–Trinajstić information content (AvgIpc) is 2.32. The van der Waals surface area contributed by atoms with Crippen LogP contribution in [0.5, 0.6) is 0 Å². The van der Waals surface area contributed by atoms with E-state index in [0.717, 1.165) is 5.56 Å². The molecule has 1 amide bonds. The number of carbonyl (C=O) groups excluding carboxylic acids is 1. The van der Waals surface area contributed by atoms with Crippen molar-refractivity contribution in [3.8, 4) is 0 Å². The van der Waals surface area contributed by atoms with Crippen LogP contribution in [0.1, 0.15) is 25.3 Å². The molecule has 0 heterocycles. The Bertz CT molecular complexity index is 366. The molecule has 0 aromatic heterocycles. The van der Waals surface area contributed by atoms with E-state index in [1.54, 1.807) is 6.07 Å². The van der Waals surface area contributed by atoms with E-state index in [-0.39, 0.29) is 18.4 Å². The second-order valence-electron chi connectivity index (χ2n) is 4.08. The van der Waals surface area contributed by atoms with Gasteiger partial charge in [-0.3, -0.25) is 4.79 Å². The third-order valence-corrected chi connectivity index (χ3v) is 2.68. The number of para-hydroxylation sites is 1. The summed E-state index contributed by atoms with van der Waals surface area (Å²) in [4.78, 5) is 11.6. The molecule has 0 spiro atoms. The molecule has 0 bridgehead atoms. The van der Waals surface area contributed by atoms with Gasteiger partial charge in [0.05, 0.1) is 12.5 Å².